The average Bonchev–Trinajstić information content (AvgIpc) is 2.52. The molecule has 0 aromatic carbocycles. The molecule has 0 aromatic rings. The summed E-state index contributed by atoms with van der Waals surface area (Å²) in [5.41, 5.74) is 1.11. The summed E-state index contributed by atoms with van der Waals surface area (Å²) in [4.78, 5) is 14.1. The van der Waals surface area contributed by atoms with E-state index in [9.17, 15) is 4.79 Å². The van der Waals surface area contributed by atoms with E-state index in [-0.39, 0.29) is 0 Å². The van der Waals surface area contributed by atoms with Gasteiger partial charge in [-0.15, -0.1) is 0 Å². The van der Waals surface area contributed by atoms with Gasteiger partial charge < -0.3 is 10.2 Å². The molecule has 0 spiro atoms. The summed E-state index contributed by atoms with van der Waals surface area (Å²) >= 11 is 0. The van der Waals surface area contributed by atoms with Crippen LogP contribution in [0.1, 0.15) is 52.9 Å². The summed E-state index contributed by atoms with van der Waals surface area (Å²) in [5.74, 6) is 1.05. The normalized spacial score (nSPS) is 20.7. The third-order valence-corrected chi connectivity index (χ3v) is 3.80. The number of rotatable bonds is 7. The van der Waals surface area contributed by atoms with Crippen molar-refractivity contribution in [1.82, 2.24) is 10.2 Å². The zero-order chi connectivity index (χ0) is 14.3. The van der Waals surface area contributed by atoms with Gasteiger partial charge >= 0.3 is 0 Å². The molecule has 110 valence electrons. The molecule has 0 aromatic heterocycles. The summed E-state index contributed by atoms with van der Waals surface area (Å²) in [6, 6.07) is 0.463. The largest absolute Gasteiger partial charge is 0.339 e. The Morgan fingerprint density at radius 3 is 2.84 bits per heavy atom. The van der Waals surface area contributed by atoms with Gasteiger partial charge in [-0.2, -0.15) is 0 Å². The Balaban J connectivity index is 2.40. The highest BCUT2D eigenvalue weighted by Gasteiger charge is 2.22. The third kappa shape index (κ3) is 6.24. The highest BCUT2D eigenvalue weighted by Crippen LogP contribution is 2.22. The molecule has 0 aliphatic carbocycles. The van der Waals surface area contributed by atoms with Crippen molar-refractivity contribution in [1.29, 1.82) is 0 Å². The summed E-state index contributed by atoms with van der Waals surface area (Å²) in [6.07, 6.45) is 5.43. The second-order valence-corrected chi connectivity index (χ2v) is 6.08. The Bertz CT molecular complexity index is 299. The van der Waals surface area contributed by atoms with Crippen molar-refractivity contribution in [2.75, 3.05) is 19.6 Å². The molecule has 19 heavy (non-hydrogen) atoms. The van der Waals surface area contributed by atoms with Gasteiger partial charge in [-0.25, -0.2) is 0 Å². The van der Waals surface area contributed by atoms with Crippen LogP contribution in [0.2, 0.25) is 0 Å². The quantitative estimate of drug-likeness (QED) is 0.719. The van der Waals surface area contributed by atoms with Gasteiger partial charge in [-0.1, -0.05) is 40.2 Å². The Kier molecular flexibility index (Phi) is 7.14. The summed E-state index contributed by atoms with van der Waals surface area (Å²) < 4.78 is 0. The van der Waals surface area contributed by atoms with E-state index < -0.39 is 0 Å². The summed E-state index contributed by atoms with van der Waals surface area (Å²) in [5, 5.41) is 3.36. The van der Waals surface area contributed by atoms with Gasteiger partial charge in [0.15, 0.2) is 0 Å². The van der Waals surface area contributed by atoms with Gasteiger partial charge in [-0.3, -0.25) is 4.79 Å². The van der Waals surface area contributed by atoms with Gasteiger partial charge in [0.1, 0.15) is 0 Å². The van der Waals surface area contributed by atoms with Crippen molar-refractivity contribution in [2.24, 2.45) is 5.92 Å². The first-order valence-corrected chi connectivity index (χ1v) is 7.70. The van der Waals surface area contributed by atoms with E-state index in [0.717, 1.165) is 50.4 Å². The SMILES string of the molecule is C=C(CNC(C)C)CN1CCC(CCC)CCC1=O. The predicted octanol–water partition coefficient (Wildman–Crippen LogP) is 2.97. The van der Waals surface area contributed by atoms with Crippen molar-refractivity contribution in [3.8, 4) is 0 Å². The Morgan fingerprint density at radius 1 is 1.47 bits per heavy atom. The lowest BCUT2D eigenvalue weighted by Crippen LogP contribution is -2.35. The molecular formula is C16H30N2O. The number of nitrogens with one attached hydrogen (secondary N) is 1. The molecule has 1 rings (SSSR count). The van der Waals surface area contributed by atoms with Gasteiger partial charge in [-0.05, 0) is 24.3 Å². The molecular weight excluding hydrogens is 236 g/mol. The fourth-order valence-electron chi connectivity index (χ4n) is 2.63. The van der Waals surface area contributed by atoms with Crippen molar-refractivity contribution >= 4 is 5.91 Å². The molecule has 1 N–H and O–H groups in total. The van der Waals surface area contributed by atoms with Crippen LogP contribution in [0.25, 0.3) is 0 Å². The molecule has 1 fully saturated rings. The highest BCUT2D eigenvalue weighted by molar-refractivity contribution is 5.76. The number of likely N-dealkylation sites (tertiary alicyclic amines) is 1. The fourth-order valence-corrected chi connectivity index (χ4v) is 2.63. The predicted molar refractivity (Wildman–Crippen MR) is 81.1 cm³/mol. The van der Waals surface area contributed by atoms with Crippen LogP contribution >= 0.6 is 0 Å². The third-order valence-electron chi connectivity index (χ3n) is 3.80. The van der Waals surface area contributed by atoms with Crippen LogP contribution in [0.4, 0.5) is 0 Å². The van der Waals surface area contributed by atoms with Crippen molar-refractivity contribution in [3.05, 3.63) is 12.2 Å². The first-order valence-electron chi connectivity index (χ1n) is 7.70. The van der Waals surface area contributed by atoms with E-state index in [0.29, 0.717) is 11.9 Å². The van der Waals surface area contributed by atoms with Crippen LogP contribution in [0.15, 0.2) is 12.2 Å². The molecule has 0 saturated carbocycles. The number of amides is 1. The monoisotopic (exact) mass is 266 g/mol. The van der Waals surface area contributed by atoms with Crippen molar-refractivity contribution in [2.45, 2.75) is 58.9 Å². The summed E-state index contributed by atoms with van der Waals surface area (Å²) in [7, 11) is 0. The number of hydrogen-bond donors (Lipinski definition) is 1. The van der Waals surface area contributed by atoms with E-state index in [2.05, 4.69) is 32.7 Å². The standard InChI is InChI=1S/C16H30N2O/c1-5-6-15-7-8-16(19)18(10-9-15)12-14(4)11-17-13(2)3/h13,15,17H,4-12H2,1-3H3. The van der Waals surface area contributed by atoms with Crippen LogP contribution in [0, 0.1) is 5.92 Å². The maximum absolute atomic E-state index is 12.1. The molecule has 1 heterocycles. The maximum Gasteiger partial charge on any atom is 0.222 e. The van der Waals surface area contributed by atoms with E-state index in [4.69, 9.17) is 0 Å². The highest BCUT2D eigenvalue weighted by atomic mass is 16.2. The Labute approximate surface area is 118 Å². The molecule has 0 bridgehead atoms. The minimum Gasteiger partial charge on any atom is -0.339 e. The number of carbonyl (C=O) groups excluding carboxylic acids is 1. The molecule has 1 atom stereocenters. The molecule has 3 heteroatoms. The van der Waals surface area contributed by atoms with E-state index >= 15 is 0 Å². The number of nitrogens with zero attached hydrogens (tertiary/aromatic N) is 1. The molecule has 1 aliphatic heterocycles. The van der Waals surface area contributed by atoms with E-state index in [1.807, 2.05) is 4.90 Å². The van der Waals surface area contributed by atoms with Gasteiger partial charge in [0.05, 0.1) is 0 Å². The lowest BCUT2D eigenvalue weighted by atomic mass is 9.96. The Morgan fingerprint density at radius 2 is 2.21 bits per heavy atom. The lowest BCUT2D eigenvalue weighted by Gasteiger charge is -2.22. The van der Waals surface area contributed by atoms with Crippen LogP contribution in [-0.4, -0.2) is 36.5 Å². The second kappa shape index (κ2) is 8.36. The van der Waals surface area contributed by atoms with Gasteiger partial charge in [0.2, 0.25) is 5.91 Å². The first-order chi connectivity index (χ1) is 9.02. The average molecular weight is 266 g/mol. The number of hydrogen-bond acceptors (Lipinski definition) is 2. The topological polar surface area (TPSA) is 32.3 Å². The minimum absolute atomic E-state index is 0.310. The molecule has 1 unspecified atom stereocenters. The minimum atomic E-state index is 0.310. The van der Waals surface area contributed by atoms with Crippen LogP contribution in [-0.2, 0) is 4.79 Å². The fraction of sp³-hybridized carbons (Fsp3) is 0.812. The maximum atomic E-state index is 12.1. The zero-order valence-electron chi connectivity index (χ0n) is 12.9. The van der Waals surface area contributed by atoms with Crippen LogP contribution in [0.5, 0.6) is 0 Å². The van der Waals surface area contributed by atoms with Crippen molar-refractivity contribution < 1.29 is 4.79 Å². The number of carbonyl (C=O) groups is 1. The molecule has 3 nitrogen and oxygen atoms in total. The van der Waals surface area contributed by atoms with Crippen molar-refractivity contribution in [3.63, 3.8) is 0 Å². The molecule has 1 saturated heterocycles. The van der Waals surface area contributed by atoms with E-state index in [1.54, 1.807) is 0 Å². The smallest absolute Gasteiger partial charge is 0.222 e. The zero-order valence-corrected chi connectivity index (χ0v) is 12.9. The van der Waals surface area contributed by atoms with E-state index in [1.165, 1.54) is 12.8 Å². The lowest BCUT2D eigenvalue weighted by molar-refractivity contribution is -0.130. The summed E-state index contributed by atoms with van der Waals surface area (Å²) in [6.45, 7) is 13.0. The van der Waals surface area contributed by atoms with Gasteiger partial charge in [0, 0.05) is 32.1 Å². The molecule has 1 amide bonds. The van der Waals surface area contributed by atoms with Crippen LogP contribution < -0.4 is 5.32 Å². The molecule has 1 aliphatic rings. The first kappa shape index (κ1) is 16.2. The van der Waals surface area contributed by atoms with Crippen LogP contribution in [0.3, 0.4) is 0 Å². The second-order valence-electron chi connectivity index (χ2n) is 6.08. The van der Waals surface area contributed by atoms with Gasteiger partial charge in [0.25, 0.3) is 0 Å². The molecule has 0 radical (unpaired) electrons. The Hall–Kier alpha value is -0.830.